The molecule has 0 amide bonds. The first-order chi connectivity index (χ1) is 69.2. The second kappa shape index (κ2) is 86.6. The Kier molecular flexibility index (Phi) is 83.3. The van der Waals surface area contributed by atoms with Crippen LogP contribution in [0, 0.1) is 88.8 Å². The highest BCUT2D eigenvalue weighted by molar-refractivity contribution is 6.01. The van der Waals surface area contributed by atoms with Crippen molar-refractivity contribution in [3.05, 3.63) is 220 Å². The quantitative estimate of drug-likeness (QED) is 0.154. The molecule has 12 bridgehead atoms. The normalized spacial score (nSPS) is 26.9. The molecule has 848 valence electrons. The number of benzene rings is 5. The summed E-state index contributed by atoms with van der Waals surface area (Å²) < 4.78 is 0. The standard InChI is InChI=1S/C14H12.C11H20.C11H18.C10H10O.C10H16.C10H18.C10H12.C9H17N.C9H11N.C9H10.2C7H12.C6H10.7C2H6.8CH4/c1-10-11-6-2-4-8-13(11)14-9-5-3-7-12(10)14;2*1-4-10-6-2-7-11(5-1)9-3-8-10;1-7-6-10(11)9-5-3-2-4-8(7)9;1-7-2-9-4-8(1)5-10(3-7)6-9;2*1-2-6-10-8-4-3-7-9(10)5-1;2*1-2-6-9-8(4-1)5-3-7-10-9;1-2-5-9-7-3-6-8(9)4-1;1-2-7-4-3-6(1)5-7;1-2-6-4-7(3-1)5-6;1-2-4-6-5-3-1;7*1-2;;;;;;;;/h2-10H,1H3;10-11H,1-9H2;1,4,10-11H,2-3,5-9H2;2-5,7H,6H2,1H3;7-10H,1-6H2;9-10H,1-8H2;1-2,5-6H,3-4,7-8H2;8-10H,1-7H2;3,5,7H,1-2,4,6H2;1-2,4-5H,3,6-7H2;2*6-7H,1-5H2;1-2H,3-6H2;7*1-2H3;8*1H4. The van der Waals surface area contributed by atoms with Gasteiger partial charge in [0.2, 0.25) is 0 Å². The van der Waals surface area contributed by atoms with Crippen molar-refractivity contribution in [1.82, 2.24) is 10.3 Å². The molecule has 16 saturated carbocycles. The highest BCUT2D eigenvalue weighted by atomic mass is 16.1. The molecule has 5 aromatic carbocycles. The number of aryl methyl sites for hydroxylation is 6. The molecule has 1 saturated heterocycles. The van der Waals surface area contributed by atoms with Crippen LogP contribution in [0.5, 0.6) is 0 Å². The molecule has 3 nitrogen and oxygen atoms in total. The highest BCUT2D eigenvalue weighted by Gasteiger charge is 2.42. The van der Waals surface area contributed by atoms with Crippen molar-refractivity contribution in [1.29, 1.82) is 0 Å². The molecular formula is C145H252N2O. The first kappa shape index (κ1) is 142. The van der Waals surface area contributed by atoms with Gasteiger partial charge in [0.05, 0.1) is 0 Å². The molecule has 1 N–H and O–H groups in total. The first-order valence-electron chi connectivity index (χ1n) is 62.1. The number of allylic oxidation sites excluding steroid dienone is 4. The van der Waals surface area contributed by atoms with Gasteiger partial charge in [0.1, 0.15) is 0 Å². The number of pyridine rings is 1. The number of aromatic nitrogens is 1. The maximum absolute atomic E-state index is 11.3. The van der Waals surface area contributed by atoms with Crippen molar-refractivity contribution in [3.63, 3.8) is 0 Å². The monoisotopic (exact) mass is 2040 g/mol. The second-order valence-corrected chi connectivity index (χ2v) is 44.8. The minimum absolute atomic E-state index is 0. The molecule has 0 radical (unpaired) electrons. The molecule has 1 aromatic heterocycles. The molecule has 3 unspecified atom stereocenters. The largest absolute Gasteiger partial charge is 0.314 e. The average molecular weight is 2040 g/mol. The van der Waals surface area contributed by atoms with Crippen molar-refractivity contribution in [2.75, 3.05) is 6.54 Å². The van der Waals surface area contributed by atoms with Crippen molar-refractivity contribution in [2.24, 2.45) is 88.8 Å². The number of nitrogens with one attached hydrogen (secondary N) is 1. The van der Waals surface area contributed by atoms with Crippen molar-refractivity contribution >= 4 is 5.78 Å². The summed E-state index contributed by atoms with van der Waals surface area (Å²) >= 11 is 0. The van der Waals surface area contributed by atoms with Gasteiger partial charge in [-0.05, 0) is 362 Å². The Hall–Kier alpha value is -5.64. The molecule has 17 fully saturated rings. The second-order valence-electron chi connectivity index (χ2n) is 44.8. The van der Waals surface area contributed by atoms with Crippen molar-refractivity contribution in [2.45, 2.75) is 586 Å². The van der Waals surface area contributed by atoms with E-state index in [9.17, 15) is 4.79 Å². The third-order valence-corrected chi connectivity index (χ3v) is 35.6. The van der Waals surface area contributed by atoms with Crippen LogP contribution in [-0.4, -0.2) is 23.4 Å². The molecule has 3 atom stereocenters. The summed E-state index contributed by atoms with van der Waals surface area (Å²) in [4.78, 5) is 15.6. The number of nitrogens with zero attached hydrogens (tertiary/aromatic N) is 1. The molecule has 31 rings (SSSR count). The van der Waals surface area contributed by atoms with Gasteiger partial charge in [-0.1, -0.05) is 515 Å². The van der Waals surface area contributed by atoms with Crippen LogP contribution in [0.4, 0.5) is 0 Å². The van der Waals surface area contributed by atoms with E-state index in [1.165, 1.54) is 324 Å². The summed E-state index contributed by atoms with van der Waals surface area (Å²) in [6.45, 7) is 33.7. The predicted octanol–water partition coefficient (Wildman–Crippen LogP) is 47.1. The van der Waals surface area contributed by atoms with Crippen molar-refractivity contribution in [3.8, 4) is 11.1 Å². The van der Waals surface area contributed by atoms with E-state index in [1.807, 2.05) is 133 Å². The zero-order valence-electron chi connectivity index (χ0n) is 94.4. The Morgan fingerprint density at radius 2 is 0.581 bits per heavy atom. The van der Waals surface area contributed by atoms with Crippen molar-refractivity contribution < 1.29 is 4.79 Å². The van der Waals surface area contributed by atoms with Crippen LogP contribution >= 0.6 is 0 Å². The molecule has 25 aliphatic rings. The van der Waals surface area contributed by atoms with Crippen LogP contribution < -0.4 is 5.32 Å². The number of rotatable bonds is 0. The van der Waals surface area contributed by atoms with Gasteiger partial charge in [0, 0.05) is 35.8 Å². The zero-order valence-corrected chi connectivity index (χ0v) is 94.4. The highest BCUT2D eigenvalue weighted by Crippen LogP contribution is 2.54. The maximum atomic E-state index is 11.3. The third kappa shape index (κ3) is 49.6. The van der Waals surface area contributed by atoms with Gasteiger partial charge in [0.25, 0.3) is 0 Å². The Bertz CT molecular complexity index is 3770. The molecule has 148 heavy (non-hydrogen) atoms. The Morgan fingerprint density at radius 1 is 0.257 bits per heavy atom. The average Bonchev–Trinajstić information content (AvgIpc) is 1.76. The van der Waals surface area contributed by atoms with Gasteiger partial charge in [-0.25, -0.2) is 0 Å². The van der Waals surface area contributed by atoms with Gasteiger partial charge in [-0.3, -0.25) is 9.78 Å². The van der Waals surface area contributed by atoms with E-state index in [0.29, 0.717) is 24.0 Å². The Balaban J connectivity index is 0.00000156. The maximum Gasteiger partial charge on any atom is 0.163 e. The summed E-state index contributed by atoms with van der Waals surface area (Å²) in [5, 5.41) is 3.62. The van der Waals surface area contributed by atoms with E-state index >= 15 is 0 Å². The number of piperidine rings is 1. The smallest absolute Gasteiger partial charge is 0.163 e. The third-order valence-electron chi connectivity index (χ3n) is 35.6. The molecular weight excluding hydrogens is 1790 g/mol. The van der Waals surface area contributed by atoms with Crippen LogP contribution in [0.1, 0.15) is 602 Å². The van der Waals surface area contributed by atoms with Gasteiger partial charge < -0.3 is 5.32 Å². The lowest BCUT2D eigenvalue weighted by molar-refractivity contribution is 0.0198. The van der Waals surface area contributed by atoms with Gasteiger partial charge >= 0.3 is 0 Å². The van der Waals surface area contributed by atoms with Crippen LogP contribution in [0.2, 0.25) is 0 Å². The summed E-state index contributed by atoms with van der Waals surface area (Å²) in [5.74, 6) is 18.3. The summed E-state index contributed by atoms with van der Waals surface area (Å²) in [5.41, 5.74) is 17.0. The number of hydrogen-bond acceptors (Lipinski definition) is 3. The van der Waals surface area contributed by atoms with Gasteiger partial charge in [0.15, 0.2) is 5.78 Å². The number of carbonyl (C=O) groups is 1. The topological polar surface area (TPSA) is 42.0 Å². The molecule has 3 heteroatoms. The molecule has 1 aliphatic heterocycles. The van der Waals surface area contributed by atoms with E-state index in [0.717, 1.165) is 53.0 Å². The summed E-state index contributed by atoms with van der Waals surface area (Å²) in [6.07, 6.45) is 103. The lowest BCUT2D eigenvalue weighted by Crippen LogP contribution is -2.42. The zero-order chi connectivity index (χ0) is 100.0. The Morgan fingerprint density at radius 3 is 0.953 bits per heavy atom. The fourth-order valence-corrected chi connectivity index (χ4v) is 28.6. The lowest BCUT2D eigenvalue weighted by atomic mass is 9.56. The number of fused-ring (bicyclic) bond motifs is 24. The minimum atomic E-state index is 0. The van der Waals surface area contributed by atoms with Gasteiger partial charge in [-0.15, -0.1) is 0 Å². The SMILES string of the molecule is C.C.C.C.C.C.C.C.C1=CC2CCCC(C1)CCC2.C1=CCCCC1.C1C2CC3CC1CC(C2)C3.C1CC2CC(C1)C2.C1CC2CCC1C2.C1CC2CCCC(C1)CCC2.C1CCC2CCCCC2C1.C1CCC2NCCCC2C1.CC.CC.CC.CC.CC.CC.CC.CC1CC(=O)c2ccccc21.CC1c2ccccc2-c2ccccc21.c1ccc2c(c1)CCC2.c1ccc2c(c1)CCCC2.c1cnc2c(c1)CCCC2. The Labute approximate surface area is 926 Å². The fraction of sp³-hybridized carbons (Fsp3) is 0.724. The van der Waals surface area contributed by atoms with E-state index < -0.39 is 0 Å². The molecule has 2 heterocycles. The van der Waals surface area contributed by atoms with Crippen LogP contribution in [0.15, 0.2) is 164 Å². The number of carbonyl (C=O) groups excluding carboxylic acids is 1. The van der Waals surface area contributed by atoms with E-state index in [-0.39, 0.29) is 59.4 Å². The number of hydrogen-bond donors (Lipinski definition) is 1. The van der Waals surface area contributed by atoms with Crippen LogP contribution in [-0.2, 0) is 38.5 Å². The summed E-state index contributed by atoms with van der Waals surface area (Å²) in [6, 6.07) is 48.0. The lowest BCUT2D eigenvalue weighted by Gasteiger charge is -2.49. The van der Waals surface area contributed by atoms with E-state index in [2.05, 4.69) is 152 Å². The first-order valence-corrected chi connectivity index (χ1v) is 62.1. The van der Waals surface area contributed by atoms with Gasteiger partial charge in [-0.2, -0.15) is 0 Å². The minimum Gasteiger partial charge on any atom is -0.314 e. The predicted molar refractivity (Wildman–Crippen MR) is 672 cm³/mol. The fourth-order valence-electron chi connectivity index (χ4n) is 28.6. The number of Topliss-reactive ketones (excluding diaryl/α,β-unsaturated/α-hetero) is 1. The molecule has 6 aromatic rings. The summed E-state index contributed by atoms with van der Waals surface area (Å²) in [7, 11) is 0. The molecule has 24 aliphatic carbocycles. The van der Waals surface area contributed by atoms with E-state index in [4.69, 9.17) is 0 Å². The van der Waals surface area contributed by atoms with E-state index in [1.54, 1.807) is 183 Å². The molecule has 0 spiro atoms. The number of ketones is 1. The van der Waals surface area contributed by atoms with Crippen LogP contribution in [0.25, 0.3) is 11.1 Å². The van der Waals surface area contributed by atoms with Crippen LogP contribution in [0.3, 0.4) is 0 Å².